The quantitative estimate of drug-likeness (QED) is 0.927. The first-order valence-electron chi connectivity index (χ1n) is 7.87. The third kappa shape index (κ3) is 3.76. The van der Waals surface area contributed by atoms with Gasteiger partial charge in [0.25, 0.3) is 0 Å². The number of hydrogen-bond donors (Lipinski definition) is 1. The van der Waals surface area contributed by atoms with Crippen molar-refractivity contribution in [2.75, 3.05) is 24.6 Å². The van der Waals surface area contributed by atoms with Crippen molar-refractivity contribution in [3.8, 4) is 0 Å². The Morgan fingerprint density at radius 2 is 1.92 bits per heavy atom. The van der Waals surface area contributed by atoms with Gasteiger partial charge in [-0.15, -0.1) is 0 Å². The summed E-state index contributed by atoms with van der Waals surface area (Å²) in [6.45, 7) is 1.56. The van der Waals surface area contributed by atoms with Gasteiger partial charge in [-0.05, 0) is 54.9 Å². The lowest BCUT2D eigenvalue weighted by Crippen LogP contribution is -2.17. The zero-order valence-corrected chi connectivity index (χ0v) is 14.6. The van der Waals surface area contributed by atoms with E-state index in [-0.39, 0.29) is 11.7 Å². The predicted molar refractivity (Wildman–Crippen MR) is 94.1 cm³/mol. The molecule has 0 amide bonds. The van der Waals surface area contributed by atoms with Crippen LogP contribution in [0.1, 0.15) is 29.0 Å². The number of hydrogen-bond acceptors (Lipinski definition) is 3. The number of sulfonamides is 1. The van der Waals surface area contributed by atoms with Gasteiger partial charge in [0, 0.05) is 18.2 Å². The topological polar surface area (TPSA) is 49.4 Å². The maximum atomic E-state index is 14.3. The predicted octanol–water partition coefficient (Wildman–Crippen LogP) is 3.16. The lowest BCUT2D eigenvalue weighted by molar-refractivity contribution is 0.328. The van der Waals surface area contributed by atoms with Crippen LogP contribution in [-0.4, -0.2) is 33.2 Å². The molecular formula is C18H21FN2O2S. The molecule has 0 aromatic heterocycles. The normalized spacial score (nSPS) is 18.7. The van der Waals surface area contributed by atoms with E-state index in [9.17, 15) is 12.8 Å². The third-order valence-electron chi connectivity index (χ3n) is 4.34. The van der Waals surface area contributed by atoms with Crippen LogP contribution in [0.4, 0.5) is 10.1 Å². The van der Waals surface area contributed by atoms with Crippen molar-refractivity contribution in [1.82, 2.24) is 4.90 Å². The molecule has 2 aromatic carbocycles. The van der Waals surface area contributed by atoms with E-state index in [2.05, 4.69) is 9.62 Å². The maximum Gasteiger partial charge on any atom is 0.229 e. The van der Waals surface area contributed by atoms with E-state index in [0.29, 0.717) is 17.8 Å². The van der Waals surface area contributed by atoms with Gasteiger partial charge in [-0.1, -0.05) is 24.3 Å². The molecule has 0 saturated carbocycles. The van der Waals surface area contributed by atoms with Crippen molar-refractivity contribution in [1.29, 1.82) is 0 Å². The molecule has 1 N–H and O–H groups in total. The van der Waals surface area contributed by atoms with Crippen molar-refractivity contribution < 1.29 is 12.8 Å². The molecule has 1 aliphatic heterocycles. The van der Waals surface area contributed by atoms with Crippen LogP contribution in [0.15, 0.2) is 42.5 Å². The zero-order valence-electron chi connectivity index (χ0n) is 13.8. The second kappa shape index (κ2) is 6.53. The monoisotopic (exact) mass is 348 g/mol. The zero-order chi connectivity index (χ0) is 17.3. The van der Waals surface area contributed by atoms with Crippen LogP contribution in [0.3, 0.4) is 0 Å². The summed E-state index contributed by atoms with van der Waals surface area (Å²) in [5, 5.41) is 0. The van der Waals surface area contributed by atoms with E-state index in [1.165, 1.54) is 6.07 Å². The van der Waals surface area contributed by atoms with E-state index in [4.69, 9.17) is 0 Å². The van der Waals surface area contributed by atoms with E-state index >= 15 is 0 Å². The first-order valence-corrected chi connectivity index (χ1v) is 9.76. The summed E-state index contributed by atoms with van der Waals surface area (Å²) in [5.41, 5.74) is 3.32. The largest absolute Gasteiger partial charge is 0.302 e. The molecule has 1 unspecified atom stereocenters. The summed E-state index contributed by atoms with van der Waals surface area (Å²) >= 11 is 0. The van der Waals surface area contributed by atoms with Gasteiger partial charge in [-0.25, -0.2) is 12.8 Å². The maximum absolute atomic E-state index is 14.3. The molecule has 0 fully saturated rings. The Hall–Kier alpha value is -1.92. The van der Waals surface area contributed by atoms with Gasteiger partial charge in [0.1, 0.15) is 5.82 Å². The van der Waals surface area contributed by atoms with Crippen LogP contribution < -0.4 is 4.72 Å². The highest BCUT2D eigenvalue weighted by molar-refractivity contribution is 7.92. The highest BCUT2D eigenvalue weighted by Crippen LogP contribution is 2.36. The van der Waals surface area contributed by atoms with E-state index in [1.807, 2.05) is 31.3 Å². The Bertz CT molecular complexity index is 852. The third-order valence-corrected chi connectivity index (χ3v) is 4.95. The number of halogens is 1. The molecule has 128 valence electrons. The van der Waals surface area contributed by atoms with Crippen LogP contribution >= 0.6 is 0 Å². The van der Waals surface area contributed by atoms with Gasteiger partial charge >= 0.3 is 0 Å². The summed E-state index contributed by atoms with van der Waals surface area (Å²) in [7, 11) is -1.30. The molecule has 0 bridgehead atoms. The molecule has 1 atom stereocenters. The highest BCUT2D eigenvalue weighted by atomic mass is 32.2. The minimum absolute atomic E-state index is 0.0292. The SMILES string of the molecule is CN1CCC(c2ccccc2F)c2ccc(NS(C)(=O)=O)cc2C1. The van der Waals surface area contributed by atoms with Crippen molar-refractivity contribution >= 4 is 15.7 Å². The minimum atomic E-state index is -3.32. The number of benzene rings is 2. The lowest BCUT2D eigenvalue weighted by atomic mass is 9.86. The molecule has 0 spiro atoms. The van der Waals surface area contributed by atoms with Gasteiger partial charge in [-0.2, -0.15) is 0 Å². The van der Waals surface area contributed by atoms with E-state index in [1.54, 1.807) is 12.1 Å². The Labute approximate surface area is 142 Å². The van der Waals surface area contributed by atoms with Crippen LogP contribution in [0.2, 0.25) is 0 Å². The fourth-order valence-corrected chi connectivity index (χ4v) is 3.87. The van der Waals surface area contributed by atoms with Gasteiger partial charge in [-0.3, -0.25) is 4.72 Å². The smallest absolute Gasteiger partial charge is 0.229 e. The second-order valence-corrected chi connectivity index (χ2v) is 8.14. The molecule has 1 aliphatic rings. The van der Waals surface area contributed by atoms with Crippen LogP contribution in [-0.2, 0) is 16.6 Å². The Morgan fingerprint density at radius 3 is 2.62 bits per heavy atom. The summed E-state index contributed by atoms with van der Waals surface area (Å²) in [5.74, 6) is -0.227. The molecular weight excluding hydrogens is 327 g/mol. The molecule has 4 nitrogen and oxygen atoms in total. The molecule has 0 radical (unpaired) electrons. The van der Waals surface area contributed by atoms with Gasteiger partial charge in [0.2, 0.25) is 10.0 Å². The number of rotatable bonds is 3. The Kier molecular flexibility index (Phi) is 4.60. The van der Waals surface area contributed by atoms with Crippen molar-refractivity contribution in [2.45, 2.75) is 18.9 Å². The standard InChI is InChI=1S/C18H21FN2O2S/c1-21-10-9-16(17-5-3-4-6-18(17)19)15-8-7-14(11-13(15)12-21)20-24(2,22)23/h3-8,11,16,20H,9-10,12H2,1-2H3. The first kappa shape index (κ1) is 16.9. The highest BCUT2D eigenvalue weighted by Gasteiger charge is 2.24. The lowest BCUT2D eigenvalue weighted by Gasteiger charge is -2.19. The van der Waals surface area contributed by atoms with Gasteiger partial charge in [0.15, 0.2) is 0 Å². The molecule has 24 heavy (non-hydrogen) atoms. The van der Waals surface area contributed by atoms with Crippen molar-refractivity contribution in [2.24, 2.45) is 0 Å². The Morgan fingerprint density at radius 1 is 1.17 bits per heavy atom. The van der Waals surface area contributed by atoms with Crippen molar-refractivity contribution in [3.05, 3.63) is 65.0 Å². The van der Waals surface area contributed by atoms with Crippen LogP contribution in [0, 0.1) is 5.82 Å². The molecule has 2 aromatic rings. The average molecular weight is 348 g/mol. The fraction of sp³-hybridized carbons (Fsp3) is 0.333. The summed E-state index contributed by atoms with van der Waals surface area (Å²) in [6, 6.07) is 12.4. The molecule has 0 aliphatic carbocycles. The molecule has 6 heteroatoms. The van der Waals surface area contributed by atoms with Crippen LogP contribution in [0.25, 0.3) is 0 Å². The number of fused-ring (bicyclic) bond motifs is 1. The van der Waals surface area contributed by atoms with Gasteiger partial charge < -0.3 is 4.90 Å². The minimum Gasteiger partial charge on any atom is -0.302 e. The van der Waals surface area contributed by atoms with E-state index < -0.39 is 10.0 Å². The number of nitrogens with zero attached hydrogens (tertiary/aromatic N) is 1. The molecule has 3 rings (SSSR count). The van der Waals surface area contributed by atoms with Crippen molar-refractivity contribution in [3.63, 3.8) is 0 Å². The fourth-order valence-electron chi connectivity index (χ4n) is 3.32. The first-order chi connectivity index (χ1) is 11.3. The summed E-state index contributed by atoms with van der Waals surface area (Å²) in [6.07, 6.45) is 1.95. The van der Waals surface area contributed by atoms with Gasteiger partial charge in [0.05, 0.1) is 6.26 Å². The average Bonchev–Trinajstić information content (AvgIpc) is 2.64. The molecule has 0 saturated heterocycles. The summed E-state index contributed by atoms with van der Waals surface area (Å²) in [4.78, 5) is 2.17. The summed E-state index contributed by atoms with van der Waals surface area (Å²) < 4.78 is 39.7. The second-order valence-electron chi connectivity index (χ2n) is 6.39. The number of anilines is 1. The van der Waals surface area contributed by atoms with Crippen LogP contribution in [0.5, 0.6) is 0 Å². The van der Waals surface area contributed by atoms with E-state index in [0.717, 1.165) is 30.3 Å². The number of nitrogens with one attached hydrogen (secondary N) is 1. The Balaban J connectivity index is 2.06. The molecule has 1 heterocycles.